The molecule has 0 aliphatic heterocycles. The highest BCUT2D eigenvalue weighted by Crippen LogP contribution is 2.18. The summed E-state index contributed by atoms with van der Waals surface area (Å²) in [5.41, 5.74) is 7.93. The van der Waals surface area contributed by atoms with E-state index in [0.29, 0.717) is 18.1 Å². The van der Waals surface area contributed by atoms with E-state index in [1.165, 1.54) is 6.20 Å². The molecule has 0 spiro atoms. The summed E-state index contributed by atoms with van der Waals surface area (Å²) in [7, 11) is 1.86. The van der Waals surface area contributed by atoms with Crippen molar-refractivity contribution >= 4 is 11.5 Å². The summed E-state index contributed by atoms with van der Waals surface area (Å²) in [6, 6.07) is 9.66. The number of nitrogen functional groups attached to an aromatic ring is 1. The summed E-state index contributed by atoms with van der Waals surface area (Å²) in [4.78, 5) is 10.0. The molecule has 1 aromatic carbocycles. The predicted octanol–water partition coefficient (Wildman–Crippen LogP) is 1.57. The number of nitriles is 1. The van der Waals surface area contributed by atoms with Gasteiger partial charge < -0.3 is 10.6 Å². The summed E-state index contributed by atoms with van der Waals surface area (Å²) in [5, 5.41) is 8.98. The molecule has 5 heteroatoms. The van der Waals surface area contributed by atoms with E-state index >= 15 is 0 Å². The molecular weight excluding hydrogens is 226 g/mol. The molecule has 0 bridgehead atoms. The molecule has 1 aromatic heterocycles. The second kappa shape index (κ2) is 5.15. The zero-order valence-corrected chi connectivity index (χ0v) is 10.0. The first kappa shape index (κ1) is 11.9. The lowest BCUT2D eigenvalue weighted by Gasteiger charge is -2.19. The third kappa shape index (κ3) is 2.38. The molecule has 90 valence electrons. The van der Waals surface area contributed by atoms with Crippen molar-refractivity contribution < 1.29 is 0 Å². The van der Waals surface area contributed by atoms with E-state index in [1.54, 1.807) is 6.20 Å². The predicted molar refractivity (Wildman–Crippen MR) is 69.7 cm³/mol. The highest BCUT2D eigenvalue weighted by molar-refractivity contribution is 5.52. The molecule has 0 saturated carbocycles. The molecular formula is C13H13N5. The van der Waals surface area contributed by atoms with Crippen molar-refractivity contribution in [2.45, 2.75) is 6.54 Å². The molecule has 0 fully saturated rings. The topological polar surface area (TPSA) is 78.8 Å². The van der Waals surface area contributed by atoms with E-state index in [0.717, 1.165) is 11.3 Å². The largest absolute Gasteiger partial charge is 0.398 e. The minimum atomic E-state index is 0.314. The quantitative estimate of drug-likeness (QED) is 0.822. The van der Waals surface area contributed by atoms with Crippen LogP contribution in [0.5, 0.6) is 0 Å². The first-order valence-corrected chi connectivity index (χ1v) is 5.48. The van der Waals surface area contributed by atoms with Crippen LogP contribution in [-0.2, 0) is 6.54 Å². The lowest BCUT2D eigenvalue weighted by molar-refractivity contribution is 0.887. The molecule has 18 heavy (non-hydrogen) atoms. The summed E-state index contributed by atoms with van der Waals surface area (Å²) in [6.45, 7) is 0.583. The normalized spacial score (nSPS) is 9.78. The Hall–Kier alpha value is -2.61. The minimum absolute atomic E-state index is 0.314. The summed E-state index contributed by atoms with van der Waals surface area (Å²) in [5.74, 6) is 0.559. The van der Waals surface area contributed by atoms with Crippen LogP contribution in [0.3, 0.4) is 0 Å². The zero-order valence-electron chi connectivity index (χ0n) is 10.0. The fourth-order valence-electron chi connectivity index (χ4n) is 1.70. The summed E-state index contributed by atoms with van der Waals surface area (Å²) >= 11 is 0. The van der Waals surface area contributed by atoms with Gasteiger partial charge in [0.05, 0.1) is 0 Å². The van der Waals surface area contributed by atoms with Gasteiger partial charge in [0.1, 0.15) is 6.07 Å². The molecule has 0 aliphatic carbocycles. The Balaban J connectivity index is 2.26. The number of benzene rings is 1. The molecule has 0 aliphatic rings. The highest BCUT2D eigenvalue weighted by Gasteiger charge is 2.10. The van der Waals surface area contributed by atoms with E-state index in [9.17, 15) is 0 Å². The second-order valence-electron chi connectivity index (χ2n) is 3.90. The van der Waals surface area contributed by atoms with Crippen LogP contribution in [0.4, 0.5) is 11.5 Å². The maximum atomic E-state index is 8.98. The third-order valence-electron chi connectivity index (χ3n) is 2.61. The maximum absolute atomic E-state index is 8.98. The lowest BCUT2D eigenvalue weighted by Crippen LogP contribution is -2.20. The molecule has 0 unspecified atom stereocenters. The number of para-hydroxylation sites is 1. The maximum Gasteiger partial charge on any atom is 0.183 e. The molecule has 0 atom stereocenters. The number of hydrogen-bond acceptors (Lipinski definition) is 5. The third-order valence-corrected chi connectivity index (χ3v) is 2.61. The van der Waals surface area contributed by atoms with Gasteiger partial charge in [-0.05, 0) is 11.6 Å². The standard InChI is InChI=1S/C13H13N5/c1-18(9-10-4-2-3-5-11(10)15)13-12(8-14)16-6-7-17-13/h2-7H,9,15H2,1H3. The molecule has 2 aromatic rings. The number of nitrogens with zero attached hydrogens (tertiary/aromatic N) is 4. The SMILES string of the molecule is CN(Cc1ccccc1N)c1nccnc1C#N. The van der Waals surface area contributed by atoms with Gasteiger partial charge in [0.2, 0.25) is 0 Å². The number of rotatable bonds is 3. The second-order valence-corrected chi connectivity index (χ2v) is 3.90. The fraction of sp³-hybridized carbons (Fsp3) is 0.154. The lowest BCUT2D eigenvalue weighted by atomic mass is 10.1. The van der Waals surface area contributed by atoms with Crippen LogP contribution in [-0.4, -0.2) is 17.0 Å². The summed E-state index contributed by atoms with van der Waals surface area (Å²) in [6.07, 6.45) is 3.08. The van der Waals surface area contributed by atoms with Gasteiger partial charge in [-0.2, -0.15) is 5.26 Å². The average Bonchev–Trinajstić information content (AvgIpc) is 2.41. The number of hydrogen-bond donors (Lipinski definition) is 1. The minimum Gasteiger partial charge on any atom is -0.398 e. The van der Waals surface area contributed by atoms with Crippen LogP contribution in [0.15, 0.2) is 36.7 Å². The summed E-state index contributed by atoms with van der Waals surface area (Å²) < 4.78 is 0. The van der Waals surface area contributed by atoms with Gasteiger partial charge in [0.25, 0.3) is 0 Å². The fourth-order valence-corrected chi connectivity index (χ4v) is 1.70. The van der Waals surface area contributed by atoms with Gasteiger partial charge in [0, 0.05) is 31.7 Å². The van der Waals surface area contributed by atoms with Crippen molar-refractivity contribution in [2.75, 3.05) is 17.7 Å². The molecule has 2 N–H and O–H groups in total. The number of aromatic nitrogens is 2. The van der Waals surface area contributed by atoms with E-state index in [1.807, 2.05) is 42.3 Å². The van der Waals surface area contributed by atoms with Gasteiger partial charge in [-0.3, -0.25) is 0 Å². The first-order chi connectivity index (χ1) is 8.72. The van der Waals surface area contributed by atoms with Crippen molar-refractivity contribution in [3.8, 4) is 6.07 Å². The van der Waals surface area contributed by atoms with Crippen LogP contribution in [0.2, 0.25) is 0 Å². The van der Waals surface area contributed by atoms with E-state index in [-0.39, 0.29) is 0 Å². The molecule has 0 saturated heterocycles. The molecule has 2 rings (SSSR count). The van der Waals surface area contributed by atoms with E-state index < -0.39 is 0 Å². The molecule has 1 heterocycles. The highest BCUT2D eigenvalue weighted by atomic mass is 15.2. The van der Waals surface area contributed by atoms with Crippen molar-refractivity contribution in [2.24, 2.45) is 0 Å². The van der Waals surface area contributed by atoms with Crippen LogP contribution in [0, 0.1) is 11.3 Å². The molecule has 0 radical (unpaired) electrons. The van der Waals surface area contributed by atoms with Gasteiger partial charge in [-0.1, -0.05) is 18.2 Å². The number of nitrogens with two attached hydrogens (primary N) is 1. The van der Waals surface area contributed by atoms with Crippen LogP contribution in [0.25, 0.3) is 0 Å². The van der Waals surface area contributed by atoms with Crippen molar-refractivity contribution in [3.63, 3.8) is 0 Å². The molecule has 5 nitrogen and oxygen atoms in total. The van der Waals surface area contributed by atoms with Gasteiger partial charge in [-0.15, -0.1) is 0 Å². The van der Waals surface area contributed by atoms with Crippen LogP contribution >= 0.6 is 0 Å². The Morgan fingerprint density at radius 3 is 2.72 bits per heavy atom. The molecule has 0 amide bonds. The van der Waals surface area contributed by atoms with Gasteiger partial charge >= 0.3 is 0 Å². The average molecular weight is 239 g/mol. The van der Waals surface area contributed by atoms with Crippen molar-refractivity contribution in [1.82, 2.24) is 9.97 Å². The van der Waals surface area contributed by atoms with E-state index in [4.69, 9.17) is 11.0 Å². The number of anilines is 2. The Morgan fingerprint density at radius 1 is 1.28 bits per heavy atom. The van der Waals surface area contributed by atoms with Gasteiger partial charge in [-0.25, -0.2) is 9.97 Å². The van der Waals surface area contributed by atoms with Crippen LogP contribution < -0.4 is 10.6 Å². The van der Waals surface area contributed by atoms with Crippen molar-refractivity contribution in [1.29, 1.82) is 5.26 Å². The van der Waals surface area contributed by atoms with Gasteiger partial charge in [0.15, 0.2) is 11.5 Å². The Kier molecular flexibility index (Phi) is 3.39. The Morgan fingerprint density at radius 2 is 2.00 bits per heavy atom. The first-order valence-electron chi connectivity index (χ1n) is 5.48. The van der Waals surface area contributed by atoms with Crippen LogP contribution in [0.1, 0.15) is 11.3 Å². The Bertz CT molecular complexity index is 588. The monoisotopic (exact) mass is 239 g/mol. The Labute approximate surface area is 106 Å². The van der Waals surface area contributed by atoms with E-state index in [2.05, 4.69) is 9.97 Å². The smallest absolute Gasteiger partial charge is 0.183 e. The van der Waals surface area contributed by atoms with Crippen molar-refractivity contribution in [3.05, 3.63) is 47.9 Å². The zero-order chi connectivity index (χ0) is 13.0.